The second-order valence-corrected chi connectivity index (χ2v) is 8.38. The average Bonchev–Trinajstić information content (AvgIpc) is 3.46. The number of carbonyl (C=O) groups excluding carboxylic acids is 1. The minimum atomic E-state index is 0.0670. The Morgan fingerprint density at radius 1 is 1.14 bits per heavy atom. The predicted octanol–water partition coefficient (Wildman–Crippen LogP) is 4.89. The summed E-state index contributed by atoms with van der Waals surface area (Å²) in [5, 5.41) is 12.4. The van der Waals surface area contributed by atoms with Crippen molar-refractivity contribution in [2.75, 3.05) is 16.0 Å². The van der Waals surface area contributed by atoms with Gasteiger partial charge in [0.05, 0.1) is 5.75 Å². The summed E-state index contributed by atoms with van der Waals surface area (Å²) in [5.74, 6) is 0.410. The van der Waals surface area contributed by atoms with Crippen molar-refractivity contribution in [3.05, 3.63) is 60.9 Å². The van der Waals surface area contributed by atoms with E-state index < -0.39 is 0 Å². The Hall–Kier alpha value is -2.80. The first kappa shape index (κ1) is 19.5. The van der Waals surface area contributed by atoms with E-state index >= 15 is 0 Å². The van der Waals surface area contributed by atoms with E-state index in [1.165, 1.54) is 24.6 Å². The molecule has 0 radical (unpaired) electrons. The van der Waals surface area contributed by atoms with E-state index in [-0.39, 0.29) is 11.9 Å². The van der Waals surface area contributed by atoms with Crippen LogP contribution in [0.2, 0.25) is 0 Å². The number of carbonyl (C=O) groups is 1. The van der Waals surface area contributed by atoms with Gasteiger partial charge in [-0.05, 0) is 63.1 Å². The molecule has 1 aromatic heterocycles. The molecule has 150 valence electrons. The molecule has 1 aliphatic rings. The summed E-state index contributed by atoms with van der Waals surface area (Å²) in [6.45, 7) is 4.07. The molecule has 4 rings (SSSR count). The Morgan fingerprint density at radius 3 is 2.48 bits per heavy atom. The van der Waals surface area contributed by atoms with Gasteiger partial charge in [-0.15, -0.1) is 10.2 Å². The van der Waals surface area contributed by atoms with E-state index in [2.05, 4.69) is 20.1 Å². The van der Waals surface area contributed by atoms with E-state index in [4.69, 9.17) is 0 Å². The molecule has 0 spiro atoms. The number of hydrogen-bond donors (Lipinski definition) is 1. The van der Waals surface area contributed by atoms with Crippen molar-refractivity contribution in [1.82, 2.24) is 14.8 Å². The van der Waals surface area contributed by atoms with Crippen molar-refractivity contribution in [3.63, 3.8) is 0 Å². The molecule has 1 amide bonds. The maximum Gasteiger partial charge on any atom is 0.237 e. The van der Waals surface area contributed by atoms with Crippen LogP contribution in [0.5, 0.6) is 0 Å². The van der Waals surface area contributed by atoms with Crippen LogP contribution in [-0.4, -0.2) is 32.5 Å². The lowest BCUT2D eigenvalue weighted by Crippen LogP contribution is -2.38. The maximum absolute atomic E-state index is 13.0. The van der Waals surface area contributed by atoms with Crippen molar-refractivity contribution < 1.29 is 4.79 Å². The average molecular weight is 408 g/mol. The standard InChI is InChI=1S/C22H25N5OS/c1-16(2)27(21(28)14-29-22-25-23-15-26(22)19-12-13-19)20-10-8-18(9-11-20)24-17-6-4-3-5-7-17/h3-11,15-16,19,24H,12-14H2,1-2H3. The molecule has 0 atom stereocenters. The molecule has 1 heterocycles. The van der Waals surface area contributed by atoms with Crippen LogP contribution in [0.1, 0.15) is 32.7 Å². The molecule has 1 N–H and O–H groups in total. The second-order valence-electron chi connectivity index (χ2n) is 7.44. The number of thioether (sulfide) groups is 1. The van der Waals surface area contributed by atoms with Gasteiger partial charge in [0.2, 0.25) is 5.91 Å². The highest BCUT2D eigenvalue weighted by molar-refractivity contribution is 7.99. The molecule has 0 saturated heterocycles. The Balaban J connectivity index is 1.42. The third kappa shape index (κ3) is 4.79. The smallest absolute Gasteiger partial charge is 0.237 e. The third-order valence-electron chi connectivity index (χ3n) is 4.80. The van der Waals surface area contributed by atoms with Crippen LogP contribution < -0.4 is 10.2 Å². The molecule has 7 heteroatoms. The first-order valence-corrected chi connectivity index (χ1v) is 10.9. The van der Waals surface area contributed by atoms with Gasteiger partial charge in [0.1, 0.15) is 6.33 Å². The van der Waals surface area contributed by atoms with E-state index in [0.29, 0.717) is 11.8 Å². The van der Waals surface area contributed by atoms with Crippen LogP contribution in [0.25, 0.3) is 0 Å². The molecule has 1 fully saturated rings. The summed E-state index contributed by atoms with van der Waals surface area (Å²) in [7, 11) is 0. The van der Waals surface area contributed by atoms with Crippen LogP contribution in [0.4, 0.5) is 17.1 Å². The molecule has 0 aliphatic heterocycles. The molecule has 2 aromatic carbocycles. The minimum Gasteiger partial charge on any atom is -0.356 e. The second kappa shape index (κ2) is 8.69. The fourth-order valence-corrected chi connectivity index (χ4v) is 4.10. The zero-order valence-electron chi connectivity index (χ0n) is 16.7. The SMILES string of the molecule is CC(C)N(C(=O)CSc1nncn1C1CC1)c1ccc(Nc2ccccc2)cc1. The lowest BCUT2D eigenvalue weighted by Gasteiger charge is -2.27. The van der Waals surface area contributed by atoms with Gasteiger partial charge in [-0.3, -0.25) is 4.79 Å². The summed E-state index contributed by atoms with van der Waals surface area (Å²) < 4.78 is 2.09. The molecule has 6 nitrogen and oxygen atoms in total. The number of aromatic nitrogens is 3. The fraction of sp³-hybridized carbons (Fsp3) is 0.318. The van der Waals surface area contributed by atoms with Gasteiger partial charge in [0.15, 0.2) is 5.16 Å². The number of amides is 1. The number of anilines is 3. The first-order valence-electron chi connectivity index (χ1n) is 9.88. The Morgan fingerprint density at radius 2 is 1.83 bits per heavy atom. The summed E-state index contributed by atoms with van der Waals surface area (Å²) in [6.07, 6.45) is 4.10. The third-order valence-corrected chi connectivity index (χ3v) is 5.74. The van der Waals surface area contributed by atoms with Crippen molar-refractivity contribution in [2.24, 2.45) is 0 Å². The lowest BCUT2D eigenvalue weighted by atomic mass is 10.2. The first-order chi connectivity index (χ1) is 14.1. The van der Waals surface area contributed by atoms with Gasteiger partial charge in [-0.1, -0.05) is 30.0 Å². The van der Waals surface area contributed by atoms with Gasteiger partial charge in [-0.25, -0.2) is 0 Å². The summed E-state index contributed by atoms with van der Waals surface area (Å²) in [6, 6.07) is 18.6. The molecule has 1 saturated carbocycles. The predicted molar refractivity (Wildman–Crippen MR) is 118 cm³/mol. The zero-order valence-corrected chi connectivity index (χ0v) is 17.5. The molecule has 0 bridgehead atoms. The maximum atomic E-state index is 13.0. The molecule has 0 unspecified atom stereocenters. The summed E-state index contributed by atoms with van der Waals surface area (Å²) in [5.41, 5.74) is 2.92. The van der Waals surface area contributed by atoms with Crippen LogP contribution in [0.3, 0.4) is 0 Å². The molecular formula is C22H25N5OS. The zero-order chi connectivity index (χ0) is 20.2. The van der Waals surface area contributed by atoms with Crippen molar-refractivity contribution in [2.45, 2.75) is 43.9 Å². The quantitative estimate of drug-likeness (QED) is 0.539. The normalized spacial score (nSPS) is 13.5. The molecule has 29 heavy (non-hydrogen) atoms. The van der Waals surface area contributed by atoms with Gasteiger partial charge in [0.25, 0.3) is 0 Å². The topological polar surface area (TPSA) is 63.1 Å². The lowest BCUT2D eigenvalue weighted by molar-refractivity contribution is -0.116. The molecule has 3 aromatic rings. The van der Waals surface area contributed by atoms with Gasteiger partial charge in [-0.2, -0.15) is 0 Å². The van der Waals surface area contributed by atoms with Gasteiger partial charge in [0, 0.05) is 29.1 Å². The Bertz CT molecular complexity index is 951. The number of benzene rings is 2. The van der Waals surface area contributed by atoms with E-state index in [9.17, 15) is 4.79 Å². The van der Waals surface area contributed by atoms with Gasteiger partial charge >= 0.3 is 0 Å². The Kier molecular flexibility index (Phi) is 5.85. The number of rotatable bonds is 8. The van der Waals surface area contributed by atoms with E-state index in [1.54, 1.807) is 6.33 Å². The monoisotopic (exact) mass is 407 g/mol. The van der Waals surface area contributed by atoms with Crippen LogP contribution in [0, 0.1) is 0 Å². The highest BCUT2D eigenvalue weighted by Crippen LogP contribution is 2.37. The minimum absolute atomic E-state index is 0.0670. The fourth-order valence-electron chi connectivity index (χ4n) is 3.26. The van der Waals surface area contributed by atoms with E-state index in [1.807, 2.05) is 73.3 Å². The highest BCUT2D eigenvalue weighted by Gasteiger charge is 2.27. The van der Waals surface area contributed by atoms with Crippen molar-refractivity contribution in [3.8, 4) is 0 Å². The van der Waals surface area contributed by atoms with Gasteiger partial charge < -0.3 is 14.8 Å². The van der Waals surface area contributed by atoms with Crippen LogP contribution in [0.15, 0.2) is 66.1 Å². The number of para-hydroxylation sites is 1. The number of nitrogens with one attached hydrogen (secondary N) is 1. The van der Waals surface area contributed by atoms with Crippen LogP contribution >= 0.6 is 11.8 Å². The summed E-state index contributed by atoms with van der Waals surface area (Å²) >= 11 is 1.46. The largest absolute Gasteiger partial charge is 0.356 e. The molecule has 1 aliphatic carbocycles. The van der Waals surface area contributed by atoms with E-state index in [0.717, 1.165) is 22.2 Å². The summed E-state index contributed by atoms with van der Waals surface area (Å²) in [4.78, 5) is 14.8. The van der Waals surface area contributed by atoms with Crippen molar-refractivity contribution in [1.29, 1.82) is 0 Å². The molecular weight excluding hydrogens is 382 g/mol. The Labute approximate surface area is 175 Å². The highest BCUT2D eigenvalue weighted by atomic mass is 32.2. The number of nitrogens with zero attached hydrogens (tertiary/aromatic N) is 4. The number of hydrogen-bond acceptors (Lipinski definition) is 5. The van der Waals surface area contributed by atoms with Crippen molar-refractivity contribution >= 4 is 34.7 Å². The van der Waals surface area contributed by atoms with Crippen LogP contribution in [-0.2, 0) is 4.79 Å².